The topological polar surface area (TPSA) is 179 Å². The van der Waals surface area contributed by atoms with Gasteiger partial charge in [-0.05, 0) is 33.8 Å². The Kier molecular flexibility index (Phi) is 12.5. The van der Waals surface area contributed by atoms with Crippen LogP contribution in [-0.4, -0.2) is 87.6 Å². The molecule has 0 saturated carbocycles. The minimum atomic E-state index is -1.97. The molecule has 15 heteroatoms. The number of amides is 1. The summed E-state index contributed by atoms with van der Waals surface area (Å²) in [6, 6.07) is 0. The van der Waals surface area contributed by atoms with Crippen LogP contribution in [0.15, 0.2) is 36.1 Å². The highest BCUT2D eigenvalue weighted by Gasteiger charge is 2.51. The number of ether oxygens (including phenoxy) is 6. The summed E-state index contributed by atoms with van der Waals surface area (Å²) in [7, 11) is 1.52. The number of hydrogen-bond donors (Lipinski definition) is 4. The lowest BCUT2D eigenvalue weighted by atomic mass is 9.77. The third-order valence-corrected chi connectivity index (χ3v) is 14.7. The second kappa shape index (κ2) is 16.6. The molecule has 2 fully saturated rings. The predicted octanol–water partition coefficient (Wildman–Crippen LogP) is 8.03. The number of carbonyl (C=O) groups is 3. The van der Waals surface area contributed by atoms with Crippen LogP contribution in [0.4, 0.5) is 5.69 Å². The molecule has 4 N–H and O–H groups in total. The van der Waals surface area contributed by atoms with Crippen LogP contribution in [0.25, 0.3) is 10.8 Å². The molecule has 2 saturated heterocycles. The highest BCUT2D eigenvalue weighted by atomic mass is 32.2. The van der Waals surface area contributed by atoms with Crippen molar-refractivity contribution in [2.24, 2.45) is 23.7 Å². The van der Waals surface area contributed by atoms with Crippen molar-refractivity contribution < 1.29 is 58.1 Å². The summed E-state index contributed by atoms with van der Waals surface area (Å²) in [6.45, 7) is 17.5. The van der Waals surface area contributed by atoms with Gasteiger partial charge in [-0.3, -0.25) is 14.4 Å². The van der Waals surface area contributed by atoms with Crippen molar-refractivity contribution in [2.45, 2.75) is 110 Å². The van der Waals surface area contributed by atoms with Crippen molar-refractivity contribution in [1.82, 2.24) is 0 Å². The molecule has 9 atom stereocenters. The standard InChI is InChI=1S/C43H55NO12S2/c1-19-13-12-14-20(2)40(50)44-31-30(41-57-17-18-58-41)33(47)27-28(34(31)48)32(46)22(4)38-29(27)39(49)43(10,56-38)52-16-15-26(51-11)21(3)36(53-25(7)45)24(6)37-23(5)35(19)54-42(8,9)55-37/h12-16,19,21,23-24,26,35-37,41,46-48H,17-18H2,1-11H3,(H,44,50)/t19-,21-,23+,24+,26+,35+,36+,37-,43-/m0/s1. The van der Waals surface area contributed by atoms with E-state index in [1.165, 1.54) is 57.7 Å². The van der Waals surface area contributed by atoms with Crippen molar-refractivity contribution in [3.05, 3.63) is 52.8 Å². The third-order valence-electron chi connectivity index (χ3n) is 11.6. The van der Waals surface area contributed by atoms with Gasteiger partial charge < -0.3 is 49.1 Å². The fraction of sp³-hybridized carbons (Fsp3) is 0.558. The maximum Gasteiger partial charge on any atom is 0.312 e. The highest BCUT2D eigenvalue weighted by Crippen LogP contribution is 2.60. The lowest BCUT2D eigenvalue weighted by molar-refractivity contribution is -0.336. The number of phenols is 3. The van der Waals surface area contributed by atoms with E-state index >= 15 is 0 Å². The van der Waals surface area contributed by atoms with E-state index in [-0.39, 0.29) is 68.5 Å². The minimum absolute atomic E-state index is 0.0207. The molecule has 0 spiro atoms. The fourth-order valence-corrected chi connectivity index (χ4v) is 11.5. The molecule has 2 aromatic rings. The largest absolute Gasteiger partial charge is 0.507 e. The number of fused-ring (bicyclic) bond motifs is 10. The number of rotatable bonds is 3. The predicted molar refractivity (Wildman–Crippen MR) is 223 cm³/mol. The van der Waals surface area contributed by atoms with Gasteiger partial charge in [-0.15, -0.1) is 23.5 Å². The zero-order chi connectivity index (χ0) is 42.6. The Morgan fingerprint density at radius 3 is 2.19 bits per heavy atom. The monoisotopic (exact) mass is 841 g/mol. The number of esters is 1. The van der Waals surface area contributed by atoms with Gasteiger partial charge >= 0.3 is 11.8 Å². The quantitative estimate of drug-likeness (QED) is 0.133. The normalized spacial score (nSPS) is 31.9. The number of ketones is 1. The number of aromatic hydroxyl groups is 3. The Bertz CT molecular complexity index is 2070. The fourth-order valence-electron chi connectivity index (χ4n) is 8.59. The Morgan fingerprint density at radius 2 is 1.55 bits per heavy atom. The molecule has 316 valence electrons. The SMILES string of the molecule is CO[C@@H]1C=CO[C@@]2(C)Oc3c(C)c(O)c4c(O)c(c(C5SCCS5)c(O)c4c3C2=O)NC(=O)C(C)=CC=C[C@H](C)[C@H]2OC(C)(C)O[C@H]([C@H](C)[C@H](OC(C)=O)[C@H]1C)[C@@H]2C. The molecular formula is C43H55NO12S2. The first-order chi connectivity index (χ1) is 27.2. The third kappa shape index (κ3) is 7.92. The van der Waals surface area contributed by atoms with E-state index < -0.39 is 69.5 Å². The van der Waals surface area contributed by atoms with E-state index in [9.17, 15) is 29.7 Å². The number of anilines is 1. The molecule has 2 aromatic carbocycles. The van der Waals surface area contributed by atoms with Crippen molar-refractivity contribution in [1.29, 1.82) is 0 Å². The van der Waals surface area contributed by atoms with Crippen LogP contribution >= 0.6 is 23.5 Å². The molecule has 5 aliphatic rings. The second-order valence-electron chi connectivity index (χ2n) is 16.3. The number of Topliss-reactive ketones (excluding diaryl/α,β-unsaturated/α-hetero) is 1. The van der Waals surface area contributed by atoms with Crippen LogP contribution in [0, 0.1) is 30.6 Å². The molecule has 7 rings (SSSR count). The van der Waals surface area contributed by atoms with E-state index in [1.807, 2.05) is 47.6 Å². The maximum absolute atomic E-state index is 14.5. The van der Waals surface area contributed by atoms with Crippen LogP contribution in [0.2, 0.25) is 0 Å². The molecule has 58 heavy (non-hydrogen) atoms. The smallest absolute Gasteiger partial charge is 0.312 e. The van der Waals surface area contributed by atoms with Crippen LogP contribution < -0.4 is 10.1 Å². The maximum atomic E-state index is 14.5. The molecule has 0 aromatic heterocycles. The van der Waals surface area contributed by atoms with E-state index in [0.717, 1.165) is 11.5 Å². The summed E-state index contributed by atoms with van der Waals surface area (Å²) in [4.78, 5) is 40.9. The number of phenolic OH excluding ortho intramolecular Hbond substituents is 3. The van der Waals surface area contributed by atoms with E-state index in [2.05, 4.69) is 5.32 Å². The molecule has 1 amide bonds. The molecular weight excluding hydrogens is 787 g/mol. The average molecular weight is 842 g/mol. The first-order valence-corrected chi connectivity index (χ1v) is 21.6. The Morgan fingerprint density at radius 1 is 0.897 bits per heavy atom. The second-order valence-corrected chi connectivity index (χ2v) is 19.0. The molecule has 5 heterocycles. The molecule has 7 bridgehead atoms. The Hall–Kier alpha value is -3.89. The lowest BCUT2D eigenvalue weighted by Crippen LogP contribution is -2.56. The first kappa shape index (κ1) is 43.7. The van der Waals surface area contributed by atoms with Gasteiger partial charge in [0.2, 0.25) is 0 Å². The summed E-state index contributed by atoms with van der Waals surface area (Å²) >= 11 is 3.03. The summed E-state index contributed by atoms with van der Waals surface area (Å²) in [5.74, 6) is -5.60. The Labute approximate surface area is 347 Å². The molecule has 5 aliphatic heterocycles. The van der Waals surface area contributed by atoms with Gasteiger partial charge in [0.1, 0.15) is 23.4 Å². The van der Waals surface area contributed by atoms with Crippen molar-refractivity contribution in [3.8, 4) is 23.0 Å². The average Bonchev–Trinajstić information content (AvgIpc) is 3.79. The summed E-state index contributed by atoms with van der Waals surface area (Å²) in [6.07, 6.45) is 6.16. The van der Waals surface area contributed by atoms with Crippen LogP contribution in [0.1, 0.15) is 88.4 Å². The first-order valence-electron chi connectivity index (χ1n) is 19.5. The number of nitrogens with one attached hydrogen (secondary N) is 1. The van der Waals surface area contributed by atoms with Gasteiger partial charge in [0, 0.05) is 78.2 Å². The zero-order valence-electron chi connectivity index (χ0n) is 34.8. The molecule has 13 nitrogen and oxygen atoms in total. The number of thioether (sulfide) groups is 2. The van der Waals surface area contributed by atoms with Gasteiger partial charge in [0.05, 0.1) is 45.8 Å². The molecule has 0 unspecified atom stereocenters. The van der Waals surface area contributed by atoms with Crippen LogP contribution in [0.3, 0.4) is 0 Å². The number of carbonyl (C=O) groups excluding carboxylic acids is 3. The van der Waals surface area contributed by atoms with E-state index in [1.54, 1.807) is 25.2 Å². The summed E-state index contributed by atoms with van der Waals surface area (Å²) in [5, 5.41) is 38.2. The van der Waals surface area contributed by atoms with Crippen LogP contribution in [-0.2, 0) is 33.3 Å². The van der Waals surface area contributed by atoms with Crippen molar-refractivity contribution in [3.63, 3.8) is 0 Å². The number of allylic oxidation sites excluding steroid dienone is 2. The molecule has 0 aliphatic carbocycles. The number of methoxy groups -OCH3 is 1. The van der Waals surface area contributed by atoms with Gasteiger partial charge in [-0.25, -0.2) is 0 Å². The summed E-state index contributed by atoms with van der Waals surface area (Å²) in [5.41, 5.74) is 0.474. The van der Waals surface area contributed by atoms with Gasteiger partial charge in [-0.1, -0.05) is 45.9 Å². The van der Waals surface area contributed by atoms with Crippen LogP contribution in [0.5, 0.6) is 23.0 Å². The van der Waals surface area contributed by atoms with Gasteiger partial charge in [0.25, 0.3) is 11.7 Å². The molecule has 0 radical (unpaired) electrons. The number of hydrogen-bond acceptors (Lipinski definition) is 14. The van der Waals surface area contributed by atoms with Crippen molar-refractivity contribution >= 4 is 57.6 Å². The highest BCUT2D eigenvalue weighted by molar-refractivity contribution is 8.19. The summed E-state index contributed by atoms with van der Waals surface area (Å²) < 4.78 is 36.8. The van der Waals surface area contributed by atoms with Gasteiger partial charge in [0.15, 0.2) is 11.5 Å². The van der Waals surface area contributed by atoms with Gasteiger partial charge in [-0.2, -0.15) is 0 Å². The van der Waals surface area contributed by atoms with E-state index in [4.69, 9.17) is 28.4 Å². The number of benzene rings is 2. The van der Waals surface area contributed by atoms with E-state index in [0.29, 0.717) is 5.57 Å². The Balaban J connectivity index is 1.53. The van der Waals surface area contributed by atoms with Crippen molar-refractivity contribution in [2.75, 3.05) is 23.9 Å². The minimum Gasteiger partial charge on any atom is -0.507 e. The zero-order valence-corrected chi connectivity index (χ0v) is 36.5. The lowest BCUT2D eigenvalue weighted by Gasteiger charge is -2.50.